The van der Waals surface area contributed by atoms with Gasteiger partial charge in [0.15, 0.2) is 0 Å². The van der Waals surface area contributed by atoms with Gasteiger partial charge >= 0.3 is 0 Å². The Balaban J connectivity index is 2.29. The summed E-state index contributed by atoms with van der Waals surface area (Å²) in [6.45, 7) is 9.66. The van der Waals surface area contributed by atoms with Crippen molar-refractivity contribution in [2.45, 2.75) is 72.0 Å². The summed E-state index contributed by atoms with van der Waals surface area (Å²) in [5, 5.41) is 9.70. The minimum atomic E-state index is -0.109. The maximum atomic E-state index is 9.70. The van der Waals surface area contributed by atoms with E-state index in [-0.39, 0.29) is 11.5 Å². The van der Waals surface area contributed by atoms with Crippen LogP contribution in [0.3, 0.4) is 0 Å². The van der Waals surface area contributed by atoms with E-state index >= 15 is 0 Å². The van der Waals surface area contributed by atoms with Crippen molar-refractivity contribution in [2.75, 3.05) is 6.61 Å². The van der Waals surface area contributed by atoms with Crippen LogP contribution in [-0.4, -0.2) is 23.9 Å². The van der Waals surface area contributed by atoms with Crippen LogP contribution in [0.15, 0.2) is 0 Å². The zero-order valence-electron chi connectivity index (χ0n) is 11.3. The number of hydrogen-bond donors (Lipinski definition) is 1. The van der Waals surface area contributed by atoms with Crippen molar-refractivity contribution < 1.29 is 9.84 Å². The summed E-state index contributed by atoms with van der Waals surface area (Å²) in [4.78, 5) is 0. The van der Waals surface area contributed by atoms with Crippen molar-refractivity contribution >= 4 is 0 Å². The van der Waals surface area contributed by atoms with Crippen LogP contribution < -0.4 is 0 Å². The number of aliphatic hydroxyl groups is 1. The van der Waals surface area contributed by atoms with Gasteiger partial charge in [0.05, 0.1) is 18.8 Å². The lowest BCUT2D eigenvalue weighted by Crippen LogP contribution is -2.34. The van der Waals surface area contributed by atoms with Gasteiger partial charge in [-0.05, 0) is 43.9 Å². The predicted octanol–water partition coefficient (Wildman–Crippen LogP) is 3.38. The molecule has 0 bridgehead atoms. The molecule has 0 spiro atoms. The third kappa shape index (κ3) is 4.84. The van der Waals surface area contributed by atoms with E-state index in [4.69, 9.17) is 4.74 Å². The van der Waals surface area contributed by atoms with Gasteiger partial charge in [0.2, 0.25) is 0 Å². The van der Waals surface area contributed by atoms with Gasteiger partial charge in [-0.2, -0.15) is 0 Å². The van der Waals surface area contributed by atoms with Gasteiger partial charge in [-0.15, -0.1) is 0 Å². The van der Waals surface area contributed by atoms with Gasteiger partial charge in [-0.3, -0.25) is 0 Å². The summed E-state index contributed by atoms with van der Waals surface area (Å²) in [7, 11) is 0. The lowest BCUT2D eigenvalue weighted by Gasteiger charge is -2.36. The van der Waals surface area contributed by atoms with E-state index in [9.17, 15) is 5.11 Å². The first-order valence-electron chi connectivity index (χ1n) is 6.71. The first-order valence-corrected chi connectivity index (χ1v) is 6.71. The zero-order chi connectivity index (χ0) is 12.2. The summed E-state index contributed by atoms with van der Waals surface area (Å²) in [5.41, 5.74) is 0.197. The third-order valence-corrected chi connectivity index (χ3v) is 3.57. The second-order valence-corrected chi connectivity index (χ2v) is 6.31. The Labute approximate surface area is 100 Å². The normalized spacial score (nSPS) is 33.0. The molecule has 0 heterocycles. The summed E-state index contributed by atoms with van der Waals surface area (Å²) in [6.07, 6.45) is 5.56. The molecule has 1 N–H and O–H groups in total. The quantitative estimate of drug-likeness (QED) is 0.781. The second-order valence-electron chi connectivity index (χ2n) is 6.31. The molecular weight excluding hydrogens is 200 g/mol. The fourth-order valence-electron chi connectivity index (χ4n) is 2.74. The Bertz CT molecular complexity index is 203. The highest BCUT2D eigenvalue weighted by molar-refractivity contribution is 4.82. The Hall–Kier alpha value is -0.0800. The lowest BCUT2D eigenvalue weighted by atomic mass is 9.75. The van der Waals surface area contributed by atoms with E-state index in [2.05, 4.69) is 27.7 Å². The van der Waals surface area contributed by atoms with Crippen molar-refractivity contribution in [3.63, 3.8) is 0 Å². The van der Waals surface area contributed by atoms with E-state index in [1.54, 1.807) is 0 Å². The Morgan fingerprint density at radius 2 is 2.06 bits per heavy atom. The van der Waals surface area contributed by atoms with Crippen molar-refractivity contribution in [1.82, 2.24) is 0 Å². The van der Waals surface area contributed by atoms with Crippen LogP contribution in [0.2, 0.25) is 0 Å². The molecule has 3 atom stereocenters. The molecule has 0 aromatic heterocycles. The molecule has 1 saturated carbocycles. The van der Waals surface area contributed by atoms with Crippen LogP contribution in [0, 0.1) is 11.3 Å². The fraction of sp³-hybridized carbons (Fsp3) is 1.00. The van der Waals surface area contributed by atoms with Crippen LogP contribution in [0.4, 0.5) is 0 Å². The first-order chi connectivity index (χ1) is 7.41. The molecule has 0 aromatic rings. The molecule has 1 aliphatic rings. The van der Waals surface area contributed by atoms with Crippen molar-refractivity contribution in [3.8, 4) is 0 Å². The number of ether oxygens (including phenoxy) is 1. The van der Waals surface area contributed by atoms with Crippen molar-refractivity contribution in [2.24, 2.45) is 11.3 Å². The SMILES string of the molecule is CC(C)CC(C)OCC1(C)CCCC(O)C1. The van der Waals surface area contributed by atoms with Gasteiger partial charge in [0.1, 0.15) is 0 Å². The number of rotatable bonds is 5. The molecule has 0 radical (unpaired) electrons. The molecule has 0 aliphatic heterocycles. The molecule has 1 aliphatic carbocycles. The molecule has 0 aromatic carbocycles. The average Bonchev–Trinajstić information content (AvgIpc) is 2.13. The van der Waals surface area contributed by atoms with Gasteiger partial charge in [0, 0.05) is 0 Å². The van der Waals surface area contributed by atoms with E-state index in [0.29, 0.717) is 12.0 Å². The van der Waals surface area contributed by atoms with Crippen LogP contribution in [0.1, 0.15) is 59.8 Å². The van der Waals surface area contributed by atoms with Gasteiger partial charge in [-0.1, -0.05) is 27.2 Å². The highest BCUT2D eigenvalue weighted by Gasteiger charge is 2.32. The van der Waals surface area contributed by atoms with E-state index in [1.165, 1.54) is 6.42 Å². The standard InChI is InChI=1S/C14H28O2/c1-11(2)8-12(3)16-10-14(4)7-5-6-13(15)9-14/h11-13,15H,5-10H2,1-4H3. The molecule has 0 amide bonds. The van der Waals surface area contributed by atoms with Gasteiger partial charge < -0.3 is 9.84 Å². The molecule has 3 unspecified atom stereocenters. The van der Waals surface area contributed by atoms with Crippen LogP contribution in [0.5, 0.6) is 0 Å². The van der Waals surface area contributed by atoms with Crippen LogP contribution >= 0.6 is 0 Å². The molecular formula is C14H28O2. The molecule has 96 valence electrons. The number of hydrogen-bond acceptors (Lipinski definition) is 2. The predicted molar refractivity (Wildman–Crippen MR) is 67.5 cm³/mol. The maximum Gasteiger partial charge on any atom is 0.0549 e. The van der Waals surface area contributed by atoms with Gasteiger partial charge in [0.25, 0.3) is 0 Å². The minimum Gasteiger partial charge on any atom is -0.393 e. The smallest absolute Gasteiger partial charge is 0.0549 e. The third-order valence-electron chi connectivity index (χ3n) is 3.57. The summed E-state index contributed by atoms with van der Waals surface area (Å²) >= 11 is 0. The van der Waals surface area contributed by atoms with Crippen molar-refractivity contribution in [1.29, 1.82) is 0 Å². The fourth-order valence-corrected chi connectivity index (χ4v) is 2.74. The molecule has 1 fully saturated rings. The Morgan fingerprint density at radius 1 is 1.38 bits per heavy atom. The molecule has 1 rings (SSSR count). The van der Waals surface area contributed by atoms with E-state index in [0.717, 1.165) is 32.3 Å². The highest BCUT2D eigenvalue weighted by atomic mass is 16.5. The summed E-state index contributed by atoms with van der Waals surface area (Å²) < 4.78 is 5.93. The monoisotopic (exact) mass is 228 g/mol. The number of aliphatic hydroxyl groups excluding tert-OH is 1. The highest BCUT2D eigenvalue weighted by Crippen LogP contribution is 2.36. The first kappa shape index (κ1) is 14.0. The minimum absolute atomic E-state index is 0.109. The zero-order valence-corrected chi connectivity index (χ0v) is 11.3. The van der Waals surface area contributed by atoms with Crippen LogP contribution in [0.25, 0.3) is 0 Å². The summed E-state index contributed by atoms with van der Waals surface area (Å²) in [5.74, 6) is 0.694. The summed E-state index contributed by atoms with van der Waals surface area (Å²) in [6, 6.07) is 0. The van der Waals surface area contributed by atoms with Crippen LogP contribution in [-0.2, 0) is 4.74 Å². The largest absolute Gasteiger partial charge is 0.393 e. The van der Waals surface area contributed by atoms with Crippen molar-refractivity contribution in [3.05, 3.63) is 0 Å². The Kier molecular flexibility index (Phi) is 5.26. The molecule has 16 heavy (non-hydrogen) atoms. The molecule has 0 saturated heterocycles. The van der Waals surface area contributed by atoms with Gasteiger partial charge in [-0.25, -0.2) is 0 Å². The lowest BCUT2D eigenvalue weighted by molar-refractivity contribution is -0.0419. The maximum absolute atomic E-state index is 9.70. The van der Waals surface area contributed by atoms with E-state index < -0.39 is 0 Å². The second kappa shape index (κ2) is 6.02. The average molecular weight is 228 g/mol. The Morgan fingerprint density at radius 3 is 2.62 bits per heavy atom. The topological polar surface area (TPSA) is 29.5 Å². The molecule has 2 heteroatoms. The molecule has 2 nitrogen and oxygen atoms in total. The van der Waals surface area contributed by atoms with E-state index in [1.807, 2.05) is 0 Å².